The second-order valence-electron chi connectivity index (χ2n) is 4.60. The van der Waals surface area contributed by atoms with Crippen molar-refractivity contribution >= 4 is 0 Å². The highest BCUT2D eigenvalue weighted by Crippen LogP contribution is 2.33. The lowest BCUT2D eigenvalue weighted by Gasteiger charge is -2.16. The van der Waals surface area contributed by atoms with Gasteiger partial charge in [0.25, 0.3) is 0 Å². The lowest BCUT2D eigenvalue weighted by atomic mass is 9.95. The molecule has 0 aromatic heterocycles. The molecule has 18 heavy (non-hydrogen) atoms. The van der Waals surface area contributed by atoms with Crippen LogP contribution >= 0.6 is 0 Å². The summed E-state index contributed by atoms with van der Waals surface area (Å²) in [4.78, 5) is 0. The molecule has 2 rings (SSSR count). The Kier molecular flexibility index (Phi) is 3.26. The van der Waals surface area contributed by atoms with Crippen molar-refractivity contribution in [2.45, 2.75) is 19.9 Å². The number of nitrogens with two attached hydrogens (primary N) is 1. The SMILES string of the molecule is Cc1ccc(O)c(C(N)c2cc(C)ccc2O)c1. The number of hydrogen-bond acceptors (Lipinski definition) is 3. The van der Waals surface area contributed by atoms with Gasteiger partial charge in [-0.3, -0.25) is 0 Å². The Morgan fingerprint density at radius 3 is 1.61 bits per heavy atom. The minimum atomic E-state index is -0.537. The zero-order chi connectivity index (χ0) is 13.3. The lowest BCUT2D eigenvalue weighted by Crippen LogP contribution is -2.12. The van der Waals surface area contributed by atoms with Crippen molar-refractivity contribution in [3.05, 3.63) is 58.7 Å². The highest BCUT2D eigenvalue weighted by atomic mass is 16.3. The fraction of sp³-hybridized carbons (Fsp3) is 0.200. The summed E-state index contributed by atoms with van der Waals surface area (Å²) in [6.45, 7) is 3.87. The predicted molar refractivity (Wildman–Crippen MR) is 71.7 cm³/mol. The van der Waals surface area contributed by atoms with Crippen molar-refractivity contribution in [3.8, 4) is 11.5 Å². The fourth-order valence-corrected chi connectivity index (χ4v) is 2.01. The van der Waals surface area contributed by atoms with Gasteiger partial charge >= 0.3 is 0 Å². The predicted octanol–water partition coefficient (Wildman–Crippen LogP) is 2.76. The number of aryl methyl sites for hydroxylation is 2. The number of rotatable bonds is 2. The van der Waals surface area contributed by atoms with Gasteiger partial charge in [-0.05, 0) is 26.0 Å². The molecule has 0 saturated heterocycles. The third-order valence-electron chi connectivity index (χ3n) is 3.04. The summed E-state index contributed by atoms with van der Waals surface area (Å²) in [6.07, 6.45) is 0. The van der Waals surface area contributed by atoms with Crippen LogP contribution in [0.4, 0.5) is 0 Å². The van der Waals surface area contributed by atoms with Crippen molar-refractivity contribution in [1.29, 1.82) is 0 Å². The Morgan fingerprint density at radius 2 is 1.22 bits per heavy atom. The van der Waals surface area contributed by atoms with E-state index in [0.717, 1.165) is 11.1 Å². The van der Waals surface area contributed by atoms with Crippen molar-refractivity contribution in [2.24, 2.45) is 5.73 Å². The van der Waals surface area contributed by atoms with Crippen molar-refractivity contribution in [2.75, 3.05) is 0 Å². The molecule has 0 spiro atoms. The molecule has 2 aromatic carbocycles. The minimum absolute atomic E-state index is 0.147. The number of aromatic hydroxyl groups is 2. The van der Waals surface area contributed by atoms with Crippen LogP contribution in [0.2, 0.25) is 0 Å². The second kappa shape index (κ2) is 4.70. The summed E-state index contributed by atoms with van der Waals surface area (Å²) in [5.41, 5.74) is 9.42. The number of hydrogen-bond donors (Lipinski definition) is 3. The van der Waals surface area contributed by atoms with E-state index in [1.54, 1.807) is 12.1 Å². The van der Waals surface area contributed by atoms with Crippen LogP contribution in [0, 0.1) is 13.8 Å². The van der Waals surface area contributed by atoms with Crippen LogP contribution in [0.15, 0.2) is 36.4 Å². The highest BCUT2D eigenvalue weighted by Gasteiger charge is 2.16. The molecule has 3 heteroatoms. The van der Waals surface area contributed by atoms with Crippen LogP contribution in [-0.4, -0.2) is 10.2 Å². The van der Waals surface area contributed by atoms with Gasteiger partial charge in [0, 0.05) is 11.1 Å². The summed E-state index contributed by atoms with van der Waals surface area (Å²) in [6, 6.07) is 10.0. The average Bonchev–Trinajstić information content (AvgIpc) is 2.34. The largest absolute Gasteiger partial charge is 0.508 e. The first kappa shape index (κ1) is 12.5. The maximum absolute atomic E-state index is 9.87. The normalized spacial score (nSPS) is 10.9. The van der Waals surface area contributed by atoms with E-state index in [-0.39, 0.29) is 11.5 Å². The average molecular weight is 243 g/mol. The van der Waals surface area contributed by atoms with E-state index >= 15 is 0 Å². The second-order valence-corrected chi connectivity index (χ2v) is 4.60. The molecule has 4 N–H and O–H groups in total. The zero-order valence-electron chi connectivity index (χ0n) is 10.5. The molecule has 0 unspecified atom stereocenters. The molecule has 0 aliphatic heterocycles. The topological polar surface area (TPSA) is 66.5 Å². The van der Waals surface area contributed by atoms with Crippen LogP contribution in [0.3, 0.4) is 0 Å². The minimum Gasteiger partial charge on any atom is -0.508 e. The third-order valence-corrected chi connectivity index (χ3v) is 3.04. The smallest absolute Gasteiger partial charge is 0.120 e. The third kappa shape index (κ3) is 2.31. The van der Waals surface area contributed by atoms with Gasteiger partial charge in [-0.15, -0.1) is 0 Å². The van der Waals surface area contributed by atoms with Crippen molar-refractivity contribution in [1.82, 2.24) is 0 Å². The first-order chi connectivity index (χ1) is 8.49. The van der Waals surface area contributed by atoms with Crippen molar-refractivity contribution in [3.63, 3.8) is 0 Å². The molecule has 0 radical (unpaired) electrons. The Labute approximate surface area is 107 Å². The molecular weight excluding hydrogens is 226 g/mol. The number of phenols is 2. The zero-order valence-corrected chi connectivity index (χ0v) is 10.5. The Balaban J connectivity index is 2.50. The van der Waals surface area contributed by atoms with Gasteiger partial charge in [0.15, 0.2) is 0 Å². The molecule has 0 atom stereocenters. The summed E-state index contributed by atoms with van der Waals surface area (Å²) >= 11 is 0. The summed E-state index contributed by atoms with van der Waals surface area (Å²) < 4.78 is 0. The molecule has 0 amide bonds. The molecule has 0 aliphatic carbocycles. The van der Waals surface area contributed by atoms with Gasteiger partial charge in [-0.2, -0.15) is 0 Å². The van der Waals surface area contributed by atoms with E-state index in [4.69, 9.17) is 5.73 Å². The van der Waals surface area contributed by atoms with E-state index in [0.29, 0.717) is 11.1 Å². The van der Waals surface area contributed by atoms with Crippen LogP contribution < -0.4 is 5.73 Å². The molecule has 0 fully saturated rings. The molecule has 3 nitrogen and oxygen atoms in total. The molecule has 94 valence electrons. The van der Waals surface area contributed by atoms with Crippen LogP contribution in [0.5, 0.6) is 11.5 Å². The first-order valence-electron chi connectivity index (χ1n) is 5.83. The monoisotopic (exact) mass is 243 g/mol. The van der Waals surface area contributed by atoms with E-state index in [1.165, 1.54) is 0 Å². The van der Waals surface area contributed by atoms with Gasteiger partial charge in [0.05, 0.1) is 6.04 Å². The van der Waals surface area contributed by atoms with Crippen LogP contribution in [0.25, 0.3) is 0 Å². The van der Waals surface area contributed by atoms with Gasteiger partial charge in [-0.1, -0.05) is 35.4 Å². The van der Waals surface area contributed by atoms with Crippen LogP contribution in [0.1, 0.15) is 28.3 Å². The van der Waals surface area contributed by atoms with Gasteiger partial charge in [0.1, 0.15) is 11.5 Å². The van der Waals surface area contributed by atoms with Crippen molar-refractivity contribution < 1.29 is 10.2 Å². The molecule has 2 aromatic rings. The standard InChI is InChI=1S/C15H17NO2/c1-9-3-5-13(17)11(7-9)15(16)12-8-10(2)4-6-14(12)18/h3-8,15,17-18H,16H2,1-2H3. The van der Waals surface area contributed by atoms with E-state index in [1.807, 2.05) is 38.1 Å². The molecule has 0 saturated carbocycles. The van der Waals surface area contributed by atoms with Crippen LogP contribution in [-0.2, 0) is 0 Å². The maximum Gasteiger partial charge on any atom is 0.120 e. The summed E-state index contributed by atoms with van der Waals surface area (Å²) in [5, 5.41) is 19.7. The molecular formula is C15H17NO2. The van der Waals surface area contributed by atoms with E-state index in [9.17, 15) is 10.2 Å². The van der Waals surface area contributed by atoms with E-state index in [2.05, 4.69) is 0 Å². The fourth-order valence-electron chi connectivity index (χ4n) is 2.01. The van der Waals surface area contributed by atoms with E-state index < -0.39 is 6.04 Å². The summed E-state index contributed by atoms with van der Waals surface area (Å²) in [5.74, 6) is 0.294. The Hall–Kier alpha value is -2.00. The van der Waals surface area contributed by atoms with Gasteiger partial charge in [-0.25, -0.2) is 0 Å². The van der Waals surface area contributed by atoms with Gasteiger partial charge < -0.3 is 15.9 Å². The van der Waals surface area contributed by atoms with Gasteiger partial charge in [0.2, 0.25) is 0 Å². The molecule has 0 heterocycles. The molecule has 0 bridgehead atoms. The number of benzene rings is 2. The number of phenolic OH excluding ortho intramolecular Hbond substituents is 2. The molecule has 0 aliphatic rings. The quantitative estimate of drug-likeness (QED) is 0.759. The maximum atomic E-state index is 9.87. The lowest BCUT2D eigenvalue weighted by molar-refractivity contribution is 0.455. The Morgan fingerprint density at radius 1 is 0.833 bits per heavy atom. The highest BCUT2D eigenvalue weighted by molar-refractivity contribution is 5.47. The first-order valence-corrected chi connectivity index (χ1v) is 5.83. The Bertz CT molecular complexity index is 527. The summed E-state index contributed by atoms with van der Waals surface area (Å²) in [7, 11) is 0.